The van der Waals surface area contributed by atoms with Crippen molar-refractivity contribution in [3.05, 3.63) is 33.9 Å². The summed E-state index contributed by atoms with van der Waals surface area (Å²) in [6, 6.07) is 3.13. The van der Waals surface area contributed by atoms with Crippen LogP contribution in [0.1, 0.15) is 12.0 Å². The second-order valence-corrected chi connectivity index (χ2v) is 3.82. The second-order valence-electron chi connectivity index (χ2n) is 3.82. The molecule has 0 radical (unpaired) electrons. The molecule has 106 valence electrons. The Morgan fingerprint density at radius 3 is 2.74 bits per heavy atom. The molecule has 0 amide bonds. The van der Waals surface area contributed by atoms with Crippen LogP contribution in [0.2, 0.25) is 0 Å². The lowest BCUT2D eigenvalue weighted by Gasteiger charge is -2.14. The Kier molecular flexibility index (Phi) is 5.58. The standard InChI is InChI=1S/C11H14F2N2O4/c1-19-6-8(16)5-14-10-3-2-7(15(17)18)4-9(10)11(12)13/h2-4,8,11,14,16H,5-6H2,1H3. The van der Waals surface area contributed by atoms with Crippen LogP contribution in [0.15, 0.2) is 18.2 Å². The van der Waals surface area contributed by atoms with Gasteiger partial charge in [-0.1, -0.05) is 0 Å². The summed E-state index contributed by atoms with van der Waals surface area (Å²) < 4.78 is 30.3. The van der Waals surface area contributed by atoms with Crippen molar-refractivity contribution in [1.82, 2.24) is 0 Å². The SMILES string of the molecule is COCC(O)CNc1ccc([N+](=O)[O-])cc1C(F)F. The number of halogens is 2. The third kappa shape index (κ3) is 4.42. The number of nitrogens with zero attached hydrogens (tertiary/aromatic N) is 1. The molecule has 2 N–H and O–H groups in total. The monoisotopic (exact) mass is 276 g/mol. The van der Waals surface area contributed by atoms with Crippen LogP contribution in [-0.4, -0.2) is 36.4 Å². The molecular weight excluding hydrogens is 262 g/mol. The molecule has 19 heavy (non-hydrogen) atoms. The number of nitro groups is 1. The Hall–Kier alpha value is -1.80. The number of alkyl halides is 2. The summed E-state index contributed by atoms with van der Waals surface area (Å²) in [5.74, 6) is 0. The highest BCUT2D eigenvalue weighted by atomic mass is 19.3. The topological polar surface area (TPSA) is 84.6 Å². The first-order valence-electron chi connectivity index (χ1n) is 5.43. The molecule has 0 aliphatic heterocycles. The van der Waals surface area contributed by atoms with Crippen LogP contribution in [0, 0.1) is 10.1 Å². The first-order chi connectivity index (χ1) is 8.95. The predicted octanol–water partition coefficient (Wildman–Crippen LogP) is 1.95. The summed E-state index contributed by atoms with van der Waals surface area (Å²) in [6.07, 6.45) is -3.70. The number of hydrogen-bond acceptors (Lipinski definition) is 5. The smallest absolute Gasteiger partial charge is 0.270 e. The van der Waals surface area contributed by atoms with Gasteiger partial charge < -0.3 is 15.2 Å². The lowest BCUT2D eigenvalue weighted by molar-refractivity contribution is -0.385. The summed E-state index contributed by atoms with van der Waals surface area (Å²) in [5, 5.41) is 22.5. The van der Waals surface area contributed by atoms with Crippen LogP contribution < -0.4 is 5.32 Å². The van der Waals surface area contributed by atoms with Crippen molar-refractivity contribution in [3.8, 4) is 0 Å². The summed E-state index contributed by atoms with van der Waals surface area (Å²) in [6.45, 7) is 0.0648. The Morgan fingerprint density at radius 2 is 2.21 bits per heavy atom. The number of nitrogens with one attached hydrogen (secondary N) is 1. The number of methoxy groups -OCH3 is 1. The second kappa shape index (κ2) is 6.95. The van der Waals surface area contributed by atoms with E-state index < -0.39 is 28.7 Å². The van der Waals surface area contributed by atoms with Gasteiger partial charge in [-0.05, 0) is 6.07 Å². The Labute approximate surface area is 108 Å². The van der Waals surface area contributed by atoms with Crippen molar-refractivity contribution in [2.24, 2.45) is 0 Å². The lowest BCUT2D eigenvalue weighted by atomic mass is 10.1. The molecule has 0 aromatic heterocycles. The van der Waals surface area contributed by atoms with Crippen LogP contribution >= 0.6 is 0 Å². The molecular formula is C11H14F2N2O4. The predicted molar refractivity (Wildman–Crippen MR) is 64.4 cm³/mol. The Bertz CT molecular complexity index is 443. The van der Waals surface area contributed by atoms with Gasteiger partial charge in [0.25, 0.3) is 12.1 Å². The number of aliphatic hydroxyl groups excluding tert-OH is 1. The van der Waals surface area contributed by atoms with Gasteiger partial charge in [0.1, 0.15) is 0 Å². The lowest BCUT2D eigenvalue weighted by Crippen LogP contribution is -2.24. The fourth-order valence-electron chi connectivity index (χ4n) is 1.48. The summed E-state index contributed by atoms with van der Waals surface area (Å²) >= 11 is 0. The average molecular weight is 276 g/mol. The van der Waals surface area contributed by atoms with Gasteiger partial charge in [0.2, 0.25) is 0 Å². The number of benzene rings is 1. The van der Waals surface area contributed by atoms with Crippen molar-refractivity contribution in [2.45, 2.75) is 12.5 Å². The van der Waals surface area contributed by atoms with E-state index in [1.54, 1.807) is 0 Å². The van der Waals surface area contributed by atoms with Crippen molar-refractivity contribution >= 4 is 11.4 Å². The third-order valence-electron chi connectivity index (χ3n) is 2.37. The highest BCUT2D eigenvalue weighted by molar-refractivity contribution is 5.56. The fourth-order valence-corrected chi connectivity index (χ4v) is 1.48. The quantitative estimate of drug-likeness (QED) is 0.587. The van der Waals surface area contributed by atoms with Gasteiger partial charge in [-0.15, -0.1) is 0 Å². The molecule has 1 unspecified atom stereocenters. The number of non-ortho nitro benzene ring substituents is 1. The molecule has 1 rings (SSSR count). The van der Waals surface area contributed by atoms with Crippen LogP contribution in [0.25, 0.3) is 0 Å². The summed E-state index contributed by atoms with van der Waals surface area (Å²) in [7, 11) is 1.40. The highest BCUT2D eigenvalue weighted by Crippen LogP contribution is 2.30. The van der Waals surface area contributed by atoms with Crippen LogP contribution in [0.4, 0.5) is 20.2 Å². The van der Waals surface area contributed by atoms with Crippen LogP contribution in [-0.2, 0) is 4.74 Å². The molecule has 0 spiro atoms. The van der Waals surface area contributed by atoms with Crippen LogP contribution in [0.5, 0.6) is 0 Å². The molecule has 8 heteroatoms. The van der Waals surface area contributed by atoms with Gasteiger partial charge >= 0.3 is 0 Å². The minimum Gasteiger partial charge on any atom is -0.389 e. The van der Waals surface area contributed by atoms with E-state index >= 15 is 0 Å². The molecule has 1 atom stereocenters. The van der Waals surface area contributed by atoms with Crippen molar-refractivity contribution in [3.63, 3.8) is 0 Å². The van der Waals surface area contributed by atoms with E-state index in [-0.39, 0.29) is 18.8 Å². The first kappa shape index (κ1) is 15.3. The Balaban J connectivity index is 2.85. The number of aliphatic hydroxyl groups is 1. The molecule has 6 nitrogen and oxygen atoms in total. The summed E-state index contributed by atoms with van der Waals surface area (Å²) in [4.78, 5) is 9.78. The van der Waals surface area contributed by atoms with Gasteiger partial charge in [0.05, 0.1) is 17.6 Å². The van der Waals surface area contributed by atoms with Crippen molar-refractivity contribution in [2.75, 3.05) is 25.6 Å². The number of hydrogen-bond donors (Lipinski definition) is 2. The van der Waals surface area contributed by atoms with Crippen molar-refractivity contribution < 1.29 is 23.5 Å². The number of anilines is 1. The van der Waals surface area contributed by atoms with E-state index in [0.29, 0.717) is 0 Å². The fraction of sp³-hybridized carbons (Fsp3) is 0.455. The van der Waals surface area contributed by atoms with Gasteiger partial charge in [-0.3, -0.25) is 10.1 Å². The largest absolute Gasteiger partial charge is 0.389 e. The zero-order valence-electron chi connectivity index (χ0n) is 10.2. The molecule has 0 saturated carbocycles. The van der Waals surface area contributed by atoms with Gasteiger partial charge in [0, 0.05) is 37.0 Å². The maximum absolute atomic E-state index is 12.8. The molecule has 0 bridgehead atoms. The molecule has 0 heterocycles. The van der Waals surface area contributed by atoms with Gasteiger partial charge in [0.15, 0.2) is 0 Å². The third-order valence-corrected chi connectivity index (χ3v) is 2.37. The van der Waals surface area contributed by atoms with E-state index in [2.05, 4.69) is 5.32 Å². The molecule has 0 aliphatic carbocycles. The number of rotatable bonds is 7. The zero-order chi connectivity index (χ0) is 14.4. The zero-order valence-corrected chi connectivity index (χ0v) is 10.2. The molecule has 0 aliphatic rings. The maximum Gasteiger partial charge on any atom is 0.270 e. The van der Waals surface area contributed by atoms with E-state index in [4.69, 9.17) is 4.74 Å². The maximum atomic E-state index is 12.8. The molecule has 0 saturated heterocycles. The minimum absolute atomic E-state index is 0.00533. The van der Waals surface area contributed by atoms with Crippen molar-refractivity contribution in [1.29, 1.82) is 0 Å². The van der Waals surface area contributed by atoms with E-state index in [1.807, 2.05) is 0 Å². The molecule has 1 aromatic carbocycles. The minimum atomic E-state index is -2.85. The average Bonchev–Trinajstić information content (AvgIpc) is 2.36. The first-order valence-corrected chi connectivity index (χ1v) is 5.43. The van der Waals surface area contributed by atoms with Crippen LogP contribution in [0.3, 0.4) is 0 Å². The van der Waals surface area contributed by atoms with E-state index in [9.17, 15) is 24.0 Å². The molecule has 1 aromatic rings. The van der Waals surface area contributed by atoms with Gasteiger partial charge in [-0.2, -0.15) is 0 Å². The Morgan fingerprint density at radius 1 is 1.53 bits per heavy atom. The summed E-state index contributed by atoms with van der Waals surface area (Å²) in [5.41, 5.74) is -0.826. The van der Waals surface area contributed by atoms with Gasteiger partial charge in [-0.25, -0.2) is 8.78 Å². The van der Waals surface area contributed by atoms with E-state index in [0.717, 1.165) is 12.1 Å². The highest BCUT2D eigenvalue weighted by Gasteiger charge is 2.18. The molecule has 0 fully saturated rings. The van der Waals surface area contributed by atoms with E-state index in [1.165, 1.54) is 13.2 Å². The number of nitro benzene ring substituents is 1. The normalized spacial score (nSPS) is 12.5. The number of ether oxygens (including phenoxy) is 1.